The quantitative estimate of drug-likeness (QED) is 0.107. The van der Waals surface area contributed by atoms with Crippen molar-refractivity contribution in [2.24, 2.45) is 0 Å². The van der Waals surface area contributed by atoms with Crippen molar-refractivity contribution in [2.45, 2.75) is 175 Å². The second kappa shape index (κ2) is 23.7. The van der Waals surface area contributed by atoms with Gasteiger partial charge >= 0.3 is 0 Å². The van der Waals surface area contributed by atoms with Crippen LogP contribution in [-0.4, -0.2) is 0 Å². The molecule has 0 saturated heterocycles. The average Bonchev–Trinajstić information content (AvgIpc) is 1.62. The molecule has 4 aliphatic rings. The Hall–Kier alpha value is -9.76. The standard InChI is InChI=1S/C99H98N2/c1-59(2)65-29-41-79-83-45-37-75(55-91(83)96(11,12)87(79)51-65)100(76-38-46-84-80-42-30-66(60(3)4)52-88(80)97(13,14)92(84)56-76)73-23-19-21-69(49-73)63-25-33-71(34-26-63)95(9,10)72-35-27-64(28-36-72)70-22-20-24-74(50-70)101(77-39-47-85-81-43-31-67(61(5)6)53-89(81)98(15,16)93(85)57-77)78-40-48-86-82-44-32-68(62(7)8)54-90(82)99(17,18)94(86)58-78/h19-62H,1-18H3. The fraction of sp³-hybridized carbons (Fsp3) is 0.273. The van der Waals surface area contributed by atoms with Crippen molar-refractivity contribution < 1.29 is 0 Å². The van der Waals surface area contributed by atoms with Crippen LogP contribution in [0, 0.1) is 0 Å². The van der Waals surface area contributed by atoms with Crippen molar-refractivity contribution >= 4 is 34.1 Å². The van der Waals surface area contributed by atoms with Crippen molar-refractivity contribution in [3.05, 3.63) is 321 Å². The molecule has 12 aromatic carbocycles. The predicted octanol–water partition coefficient (Wildman–Crippen LogP) is 28.0. The zero-order chi connectivity index (χ0) is 70.7. The third-order valence-electron chi connectivity index (χ3n) is 24.5. The van der Waals surface area contributed by atoms with Crippen molar-refractivity contribution in [3.8, 4) is 66.8 Å². The van der Waals surface area contributed by atoms with E-state index >= 15 is 0 Å². The molecule has 0 heterocycles. The lowest BCUT2D eigenvalue weighted by Crippen LogP contribution is -2.18. The molecule has 2 heteroatoms. The minimum absolute atomic E-state index is 0.162. The monoisotopic (exact) mass is 1310 g/mol. The van der Waals surface area contributed by atoms with E-state index in [-0.39, 0.29) is 27.1 Å². The normalized spacial score (nSPS) is 15.1. The molecule has 12 aromatic rings. The van der Waals surface area contributed by atoms with E-state index in [0.717, 1.165) is 34.1 Å². The minimum atomic E-state index is -0.266. The summed E-state index contributed by atoms with van der Waals surface area (Å²) < 4.78 is 0. The van der Waals surface area contributed by atoms with E-state index in [1.807, 2.05) is 0 Å². The van der Waals surface area contributed by atoms with Crippen LogP contribution in [0.2, 0.25) is 0 Å². The van der Waals surface area contributed by atoms with Crippen molar-refractivity contribution in [1.29, 1.82) is 0 Å². The maximum absolute atomic E-state index is 2.51. The lowest BCUT2D eigenvalue weighted by atomic mass is 9.77. The van der Waals surface area contributed by atoms with E-state index in [0.29, 0.717) is 23.7 Å². The van der Waals surface area contributed by atoms with E-state index in [1.54, 1.807) is 0 Å². The van der Waals surface area contributed by atoms with Gasteiger partial charge in [-0.15, -0.1) is 0 Å². The van der Waals surface area contributed by atoms with Gasteiger partial charge in [0.1, 0.15) is 0 Å². The Bertz CT molecular complexity index is 4760. The smallest absolute Gasteiger partial charge is 0.0467 e. The highest BCUT2D eigenvalue weighted by Gasteiger charge is 2.42. The Balaban J connectivity index is 0.715. The Morgan fingerprint density at radius 1 is 0.228 bits per heavy atom. The average molecular weight is 1320 g/mol. The predicted molar refractivity (Wildman–Crippen MR) is 432 cm³/mol. The summed E-state index contributed by atoms with van der Waals surface area (Å²) in [5, 5.41) is 0. The van der Waals surface area contributed by atoms with E-state index in [1.165, 1.54) is 145 Å². The van der Waals surface area contributed by atoms with Gasteiger partial charge in [-0.2, -0.15) is 0 Å². The maximum Gasteiger partial charge on any atom is 0.0467 e. The van der Waals surface area contributed by atoms with E-state index < -0.39 is 0 Å². The van der Waals surface area contributed by atoms with Gasteiger partial charge in [-0.25, -0.2) is 0 Å². The summed E-state index contributed by atoms with van der Waals surface area (Å²) in [5.41, 5.74) is 40.8. The zero-order valence-electron chi connectivity index (χ0n) is 62.8. The molecule has 16 rings (SSSR count). The molecule has 0 N–H and O–H groups in total. The fourth-order valence-corrected chi connectivity index (χ4v) is 17.8. The Morgan fingerprint density at radius 2 is 0.446 bits per heavy atom. The first-order chi connectivity index (χ1) is 48.1. The molecule has 0 fully saturated rings. The maximum atomic E-state index is 2.51. The largest absolute Gasteiger partial charge is 0.310 e. The molecule has 2 nitrogen and oxygen atoms in total. The molecule has 0 atom stereocenters. The van der Waals surface area contributed by atoms with Crippen LogP contribution in [0.15, 0.2) is 243 Å². The van der Waals surface area contributed by atoms with Crippen LogP contribution in [0.5, 0.6) is 0 Å². The topological polar surface area (TPSA) is 6.48 Å². The van der Waals surface area contributed by atoms with Crippen LogP contribution in [0.3, 0.4) is 0 Å². The van der Waals surface area contributed by atoms with E-state index in [4.69, 9.17) is 0 Å². The third-order valence-corrected chi connectivity index (χ3v) is 24.5. The second-order valence-corrected chi connectivity index (χ2v) is 33.8. The number of benzene rings is 12. The highest BCUT2D eigenvalue weighted by atomic mass is 15.1. The molecule has 0 unspecified atom stereocenters. The van der Waals surface area contributed by atoms with Crippen LogP contribution in [-0.2, 0) is 27.1 Å². The third kappa shape index (κ3) is 10.5. The molecule has 0 aromatic heterocycles. The summed E-state index contributed by atoms with van der Waals surface area (Å²) in [6.07, 6.45) is 0. The molecule has 504 valence electrons. The first-order valence-electron chi connectivity index (χ1n) is 37.3. The summed E-state index contributed by atoms with van der Waals surface area (Å²) in [7, 11) is 0. The lowest BCUT2D eigenvalue weighted by Gasteiger charge is -2.30. The van der Waals surface area contributed by atoms with E-state index in [9.17, 15) is 0 Å². The first kappa shape index (κ1) is 65.8. The van der Waals surface area contributed by atoms with Gasteiger partial charge < -0.3 is 9.80 Å². The summed E-state index contributed by atoms with van der Waals surface area (Å²) >= 11 is 0. The van der Waals surface area contributed by atoms with Crippen molar-refractivity contribution in [3.63, 3.8) is 0 Å². The van der Waals surface area contributed by atoms with Gasteiger partial charge in [0.15, 0.2) is 0 Å². The van der Waals surface area contributed by atoms with Crippen LogP contribution in [0.25, 0.3) is 66.8 Å². The van der Waals surface area contributed by atoms with Gasteiger partial charge in [0.25, 0.3) is 0 Å². The van der Waals surface area contributed by atoms with Gasteiger partial charge in [-0.1, -0.05) is 294 Å². The highest BCUT2D eigenvalue weighted by Crippen LogP contribution is 2.57. The van der Waals surface area contributed by atoms with Gasteiger partial charge in [-0.3, -0.25) is 0 Å². The SMILES string of the molecule is CC(C)c1ccc2c(c1)C(C)(C)c1cc(N(c3cccc(-c4ccc(C(C)(C)c5ccc(-c6cccc(N(c7ccc8c(c7)C(C)(C)c7cc(C(C)C)ccc7-8)c7ccc8c(c7)C(C)(C)c7cc(C(C)C)ccc7-8)c6)cc5)cc4)c3)c3ccc4c(c3)C(C)(C)c3cc(C(C)C)ccc3-4)ccc1-2. The Labute approximate surface area is 602 Å². The van der Waals surface area contributed by atoms with Crippen molar-refractivity contribution in [2.75, 3.05) is 9.80 Å². The van der Waals surface area contributed by atoms with Crippen molar-refractivity contribution in [1.82, 2.24) is 0 Å². The van der Waals surface area contributed by atoms with Crippen LogP contribution in [0.4, 0.5) is 34.1 Å². The molecule has 0 amide bonds. The molecule has 4 aliphatic carbocycles. The fourth-order valence-electron chi connectivity index (χ4n) is 17.8. The molecule has 0 bridgehead atoms. The summed E-state index contributed by atoms with van der Waals surface area (Å²) in [6, 6.07) is 94.8. The number of hydrogen-bond donors (Lipinski definition) is 0. The molecular weight excluding hydrogens is 1220 g/mol. The number of fused-ring (bicyclic) bond motifs is 12. The Morgan fingerprint density at radius 3 is 0.683 bits per heavy atom. The van der Waals surface area contributed by atoms with Gasteiger partial charge in [0.2, 0.25) is 0 Å². The van der Waals surface area contributed by atoms with Crippen LogP contribution in [0.1, 0.15) is 226 Å². The zero-order valence-corrected chi connectivity index (χ0v) is 62.8. The first-order valence-corrected chi connectivity index (χ1v) is 37.3. The molecule has 0 spiro atoms. The van der Waals surface area contributed by atoms with Gasteiger partial charge in [-0.05, 0) is 241 Å². The number of hydrogen-bond acceptors (Lipinski definition) is 2. The van der Waals surface area contributed by atoms with Crippen LogP contribution >= 0.6 is 0 Å². The molecule has 101 heavy (non-hydrogen) atoms. The van der Waals surface area contributed by atoms with E-state index in [2.05, 4.69) is 377 Å². The Kier molecular flexibility index (Phi) is 15.4. The van der Waals surface area contributed by atoms with Gasteiger partial charge in [0.05, 0.1) is 0 Å². The highest BCUT2D eigenvalue weighted by molar-refractivity contribution is 5.92. The number of anilines is 6. The molecular formula is C99H98N2. The molecule has 0 radical (unpaired) electrons. The summed E-state index contributed by atoms with van der Waals surface area (Å²) in [5.74, 6) is 1.85. The summed E-state index contributed by atoms with van der Waals surface area (Å²) in [6.45, 7) is 42.5. The van der Waals surface area contributed by atoms with Crippen LogP contribution < -0.4 is 9.80 Å². The lowest BCUT2D eigenvalue weighted by molar-refractivity contribution is 0.641. The minimum Gasteiger partial charge on any atom is -0.310 e. The number of nitrogens with zero attached hydrogens (tertiary/aromatic N) is 2. The molecule has 0 saturated carbocycles. The van der Waals surface area contributed by atoms with Gasteiger partial charge in [0, 0.05) is 61.2 Å². The molecule has 0 aliphatic heterocycles. The second-order valence-electron chi connectivity index (χ2n) is 33.8. The summed E-state index contributed by atoms with van der Waals surface area (Å²) in [4.78, 5) is 5.03. The number of rotatable bonds is 14.